The Kier molecular flexibility index (Phi) is 7.51. The van der Waals surface area contributed by atoms with E-state index < -0.39 is 0 Å². The summed E-state index contributed by atoms with van der Waals surface area (Å²) in [6, 6.07) is 21.4. The molecule has 1 aliphatic rings. The third-order valence-corrected chi connectivity index (χ3v) is 5.70. The lowest BCUT2D eigenvalue weighted by atomic mass is 9.91. The van der Waals surface area contributed by atoms with E-state index in [-0.39, 0.29) is 12.0 Å². The van der Waals surface area contributed by atoms with E-state index in [1.54, 1.807) is 7.11 Å². The fourth-order valence-electron chi connectivity index (χ4n) is 4.14. The predicted octanol–water partition coefficient (Wildman–Crippen LogP) is 3.13. The number of ether oxygens (including phenoxy) is 1. The van der Waals surface area contributed by atoms with Crippen LogP contribution < -0.4 is 10.6 Å². The van der Waals surface area contributed by atoms with Crippen LogP contribution in [-0.4, -0.2) is 47.0 Å². The zero-order valence-electron chi connectivity index (χ0n) is 18.9. The average Bonchev–Trinajstić information content (AvgIpc) is 3.23. The zero-order chi connectivity index (χ0) is 22.2. The number of benzene rings is 2. The maximum absolute atomic E-state index is 5.17. The highest BCUT2D eigenvalue weighted by molar-refractivity contribution is 5.80. The van der Waals surface area contributed by atoms with Gasteiger partial charge in [-0.05, 0) is 24.5 Å². The van der Waals surface area contributed by atoms with Gasteiger partial charge in [0.25, 0.3) is 0 Å². The van der Waals surface area contributed by atoms with Crippen LogP contribution in [0.1, 0.15) is 42.0 Å². The molecule has 0 saturated carbocycles. The lowest BCUT2D eigenvalue weighted by Gasteiger charge is -2.26. The Bertz CT molecular complexity index is 962. The molecule has 0 spiro atoms. The molecular weight excluding hydrogens is 400 g/mol. The van der Waals surface area contributed by atoms with Crippen molar-refractivity contribution < 1.29 is 4.74 Å². The fraction of sp³-hybridized carbons (Fsp3) is 0.400. The minimum Gasteiger partial charge on any atom is -0.377 e. The topological polar surface area (TPSA) is 76.4 Å². The number of hydrogen-bond donors (Lipinski definition) is 2. The van der Waals surface area contributed by atoms with E-state index in [1.807, 2.05) is 4.68 Å². The Morgan fingerprint density at radius 2 is 1.81 bits per heavy atom. The van der Waals surface area contributed by atoms with Gasteiger partial charge in [-0.2, -0.15) is 5.10 Å². The first kappa shape index (κ1) is 22.0. The van der Waals surface area contributed by atoms with Gasteiger partial charge in [-0.3, -0.25) is 4.99 Å². The van der Waals surface area contributed by atoms with Crippen LogP contribution in [0.4, 0.5) is 0 Å². The first-order valence-corrected chi connectivity index (χ1v) is 11.3. The number of aryl methyl sites for hydroxylation is 1. The molecule has 168 valence electrons. The van der Waals surface area contributed by atoms with Crippen LogP contribution in [0.25, 0.3) is 0 Å². The molecule has 1 aromatic heterocycles. The summed E-state index contributed by atoms with van der Waals surface area (Å²) in [6.07, 6.45) is 1.89. The number of hydrogen-bond acceptors (Lipinski definition) is 4. The van der Waals surface area contributed by atoms with Crippen molar-refractivity contribution in [1.82, 2.24) is 25.4 Å². The lowest BCUT2D eigenvalue weighted by Crippen LogP contribution is -2.47. The Hall–Kier alpha value is -3.19. The van der Waals surface area contributed by atoms with Gasteiger partial charge in [-0.1, -0.05) is 60.7 Å². The highest BCUT2D eigenvalue weighted by Gasteiger charge is 2.22. The van der Waals surface area contributed by atoms with Crippen LogP contribution in [-0.2, 0) is 24.3 Å². The number of methoxy groups -OCH3 is 1. The third kappa shape index (κ3) is 5.53. The van der Waals surface area contributed by atoms with Crippen LogP contribution in [0, 0.1) is 0 Å². The molecule has 2 N–H and O–H groups in total. The zero-order valence-corrected chi connectivity index (χ0v) is 18.9. The third-order valence-electron chi connectivity index (χ3n) is 5.70. The van der Waals surface area contributed by atoms with Crippen LogP contribution in [0.5, 0.6) is 0 Å². The van der Waals surface area contributed by atoms with Crippen molar-refractivity contribution in [3.8, 4) is 0 Å². The molecule has 4 rings (SSSR count). The molecule has 0 fully saturated rings. The van der Waals surface area contributed by atoms with Gasteiger partial charge in [0.1, 0.15) is 12.4 Å². The minimum atomic E-state index is 0.206. The molecule has 1 aliphatic heterocycles. The van der Waals surface area contributed by atoms with E-state index in [9.17, 15) is 0 Å². The van der Waals surface area contributed by atoms with Gasteiger partial charge < -0.3 is 15.4 Å². The van der Waals surface area contributed by atoms with Crippen molar-refractivity contribution >= 4 is 5.96 Å². The quantitative estimate of drug-likeness (QED) is 0.423. The van der Waals surface area contributed by atoms with Gasteiger partial charge in [-0.25, -0.2) is 9.67 Å². The van der Waals surface area contributed by atoms with Crippen LogP contribution in [0.2, 0.25) is 0 Å². The van der Waals surface area contributed by atoms with Gasteiger partial charge in [0.05, 0.1) is 13.1 Å². The fourth-order valence-corrected chi connectivity index (χ4v) is 4.14. The standard InChI is InChI=1S/C25H32N6O/c1-3-26-25(28-21-14-15-24-29-23(18-32-2)30-31(24)17-21)27-16-22(19-10-6-4-7-11-19)20-12-8-5-9-13-20/h4-13,21-22H,3,14-18H2,1-2H3,(H2,26,27,28). The maximum Gasteiger partial charge on any atom is 0.191 e. The molecule has 0 aliphatic carbocycles. The molecule has 0 saturated heterocycles. The number of guanidine groups is 1. The normalized spacial score (nSPS) is 16.1. The van der Waals surface area contributed by atoms with Crippen LogP contribution in [0.3, 0.4) is 0 Å². The van der Waals surface area contributed by atoms with Crippen molar-refractivity contribution in [2.45, 2.75) is 44.9 Å². The van der Waals surface area contributed by atoms with Crippen molar-refractivity contribution in [2.75, 3.05) is 20.2 Å². The van der Waals surface area contributed by atoms with Gasteiger partial charge in [0.2, 0.25) is 0 Å². The molecule has 1 atom stereocenters. The Morgan fingerprint density at radius 3 is 2.44 bits per heavy atom. The summed E-state index contributed by atoms with van der Waals surface area (Å²) in [4.78, 5) is 9.55. The highest BCUT2D eigenvalue weighted by atomic mass is 16.5. The van der Waals surface area contributed by atoms with E-state index in [0.717, 1.165) is 43.5 Å². The number of nitrogens with zero attached hydrogens (tertiary/aromatic N) is 4. The summed E-state index contributed by atoms with van der Waals surface area (Å²) >= 11 is 0. The molecule has 2 aromatic carbocycles. The number of rotatable bonds is 8. The second kappa shape index (κ2) is 10.9. The molecule has 32 heavy (non-hydrogen) atoms. The largest absolute Gasteiger partial charge is 0.377 e. The smallest absolute Gasteiger partial charge is 0.191 e. The first-order valence-electron chi connectivity index (χ1n) is 11.3. The van der Waals surface area contributed by atoms with Crippen molar-refractivity contribution in [3.05, 3.63) is 83.4 Å². The van der Waals surface area contributed by atoms with E-state index in [1.165, 1.54) is 11.1 Å². The van der Waals surface area contributed by atoms with Crippen LogP contribution >= 0.6 is 0 Å². The summed E-state index contributed by atoms with van der Waals surface area (Å²) in [5.74, 6) is 2.83. The SMILES string of the molecule is CCNC(=NCC(c1ccccc1)c1ccccc1)NC1CCc2nc(COC)nn2C1. The monoisotopic (exact) mass is 432 g/mol. The number of aliphatic imine (C=N–C) groups is 1. The van der Waals surface area contributed by atoms with Gasteiger partial charge >= 0.3 is 0 Å². The van der Waals surface area contributed by atoms with Crippen molar-refractivity contribution in [3.63, 3.8) is 0 Å². The predicted molar refractivity (Wildman–Crippen MR) is 127 cm³/mol. The van der Waals surface area contributed by atoms with E-state index in [4.69, 9.17) is 9.73 Å². The maximum atomic E-state index is 5.17. The summed E-state index contributed by atoms with van der Waals surface area (Å²) in [7, 11) is 1.67. The van der Waals surface area contributed by atoms with Gasteiger partial charge in [-0.15, -0.1) is 0 Å². The molecule has 0 bridgehead atoms. The van der Waals surface area contributed by atoms with E-state index in [0.29, 0.717) is 13.2 Å². The first-order chi connectivity index (χ1) is 15.8. The second-order valence-corrected chi connectivity index (χ2v) is 8.03. The Balaban J connectivity index is 1.48. The highest BCUT2D eigenvalue weighted by Crippen LogP contribution is 2.24. The Morgan fingerprint density at radius 1 is 1.12 bits per heavy atom. The molecule has 0 radical (unpaired) electrons. The molecule has 0 amide bonds. The minimum absolute atomic E-state index is 0.206. The van der Waals surface area contributed by atoms with Crippen molar-refractivity contribution in [1.29, 1.82) is 0 Å². The molecular formula is C25H32N6O. The number of aromatic nitrogens is 3. The summed E-state index contributed by atoms with van der Waals surface area (Å²) in [5, 5.41) is 11.6. The molecule has 7 heteroatoms. The van der Waals surface area contributed by atoms with Gasteiger partial charge in [0.15, 0.2) is 11.8 Å². The Labute approximate surface area is 189 Å². The summed E-state index contributed by atoms with van der Waals surface area (Å²) in [6.45, 7) is 4.80. The molecule has 1 unspecified atom stereocenters. The molecule has 2 heterocycles. The van der Waals surface area contributed by atoms with Crippen molar-refractivity contribution in [2.24, 2.45) is 4.99 Å². The number of nitrogens with one attached hydrogen (secondary N) is 2. The second-order valence-electron chi connectivity index (χ2n) is 8.03. The number of fused-ring (bicyclic) bond motifs is 1. The molecule has 3 aromatic rings. The summed E-state index contributed by atoms with van der Waals surface area (Å²) < 4.78 is 7.17. The van der Waals surface area contributed by atoms with Crippen LogP contribution in [0.15, 0.2) is 65.7 Å². The summed E-state index contributed by atoms with van der Waals surface area (Å²) in [5.41, 5.74) is 2.54. The van der Waals surface area contributed by atoms with E-state index >= 15 is 0 Å². The average molecular weight is 433 g/mol. The van der Waals surface area contributed by atoms with Gasteiger partial charge in [0, 0.05) is 32.0 Å². The molecule has 7 nitrogen and oxygen atoms in total. The van der Waals surface area contributed by atoms with E-state index in [2.05, 4.69) is 88.3 Å². The lowest BCUT2D eigenvalue weighted by molar-refractivity contribution is 0.177.